The first-order valence-corrected chi connectivity index (χ1v) is 6.60. The Labute approximate surface area is 112 Å². The Balaban J connectivity index is 0.000000873. The zero-order valence-corrected chi connectivity index (χ0v) is 12.8. The summed E-state index contributed by atoms with van der Waals surface area (Å²) in [5.41, 5.74) is 3.68. The van der Waals surface area contributed by atoms with Crippen LogP contribution in [0.25, 0.3) is 0 Å². The molecule has 18 heavy (non-hydrogen) atoms. The molecule has 2 nitrogen and oxygen atoms in total. The third kappa shape index (κ3) is 4.69. The van der Waals surface area contributed by atoms with Gasteiger partial charge in [0.25, 0.3) is 0 Å². The van der Waals surface area contributed by atoms with E-state index < -0.39 is 0 Å². The van der Waals surface area contributed by atoms with Gasteiger partial charge in [-0.15, -0.1) is 0 Å². The molecule has 0 bridgehead atoms. The van der Waals surface area contributed by atoms with E-state index in [1.165, 1.54) is 11.1 Å². The number of benzene rings is 1. The van der Waals surface area contributed by atoms with E-state index >= 15 is 0 Å². The summed E-state index contributed by atoms with van der Waals surface area (Å²) in [5.74, 6) is 0.794. The van der Waals surface area contributed by atoms with E-state index in [2.05, 4.69) is 47.6 Å². The van der Waals surface area contributed by atoms with Crippen LogP contribution in [0.2, 0.25) is 0 Å². The van der Waals surface area contributed by atoms with Crippen LogP contribution in [0.5, 0.6) is 5.75 Å². The second-order valence-corrected chi connectivity index (χ2v) is 5.95. The second-order valence-electron chi connectivity index (χ2n) is 5.95. The van der Waals surface area contributed by atoms with Crippen molar-refractivity contribution >= 4 is 0 Å². The lowest BCUT2D eigenvalue weighted by molar-refractivity contribution is 0.318. The standard InChI is InChI=1S/C14H22O.C2H6O/c1-9(2)11-8-12(14(4,5)6)10(3)7-13(11)15;1-2-3/h7-9,15H,1-6H3;3H,2H2,1H3. The Hall–Kier alpha value is -1.02. The van der Waals surface area contributed by atoms with E-state index in [0.29, 0.717) is 11.7 Å². The van der Waals surface area contributed by atoms with Crippen LogP contribution >= 0.6 is 0 Å². The molecule has 104 valence electrons. The monoisotopic (exact) mass is 252 g/mol. The number of aliphatic hydroxyl groups excluding tert-OH is 1. The minimum Gasteiger partial charge on any atom is -0.508 e. The van der Waals surface area contributed by atoms with Crippen molar-refractivity contribution in [2.75, 3.05) is 6.61 Å². The fraction of sp³-hybridized carbons (Fsp3) is 0.625. The molecule has 0 aromatic heterocycles. The lowest BCUT2D eigenvalue weighted by atomic mass is 9.82. The minimum absolute atomic E-state index is 0.140. The molecule has 0 amide bonds. The van der Waals surface area contributed by atoms with Crippen molar-refractivity contribution in [2.24, 2.45) is 0 Å². The van der Waals surface area contributed by atoms with Crippen LogP contribution in [0.1, 0.15) is 64.2 Å². The molecule has 1 aromatic rings. The van der Waals surface area contributed by atoms with Crippen molar-refractivity contribution in [3.05, 3.63) is 28.8 Å². The SMILES string of the molecule is CCO.Cc1cc(O)c(C(C)C)cc1C(C)(C)C. The molecular formula is C16H28O2. The molecule has 0 spiro atoms. The number of aliphatic hydroxyl groups is 1. The summed E-state index contributed by atoms with van der Waals surface area (Å²) in [4.78, 5) is 0. The highest BCUT2D eigenvalue weighted by atomic mass is 16.3. The molecule has 2 heteroatoms. The topological polar surface area (TPSA) is 40.5 Å². The molecule has 2 N–H and O–H groups in total. The van der Waals surface area contributed by atoms with Gasteiger partial charge in [-0.05, 0) is 47.9 Å². The summed E-state index contributed by atoms with van der Waals surface area (Å²) in [6.45, 7) is 14.8. The van der Waals surface area contributed by atoms with Gasteiger partial charge < -0.3 is 10.2 Å². The second kappa shape index (κ2) is 6.79. The number of aryl methyl sites for hydroxylation is 1. The van der Waals surface area contributed by atoms with Crippen LogP contribution in [-0.2, 0) is 5.41 Å². The van der Waals surface area contributed by atoms with Crippen molar-refractivity contribution in [2.45, 2.75) is 59.8 Å². The minimum atomic E-state index is 0.140. The van der Waals surface area contributed by atoms with Crippen LogP contribution < -0.4 is 0 Å². The van der Waals surface area contributed by atoms with Crippen LogP contribution in [0, 0.1) is 6.92 Å². The van der Waals surface area contributed by atoms with Crippen molar-refractivity contribution in [3.8, 4) is 5.75 Å². The van der Waals surface area contributed by atoms with Gasteiger partial charge in [0, 0.05) is 6.61 Å². The zero-order chi connectivity index (χ0) is 14.5. The van der Waals surface area contributed by atoms with Crippen molar-refractivity contribution < 1.29 is 10.2 Å². The maximum absolute atomic E-state index is 9.85. The molecule has 0 aliphatic rings. The summed E-state index contributed by atoms with van der Waals surface area (Å²) in [5, 5.41) is 17.4. The number of aromatic hydroxyl groups is 1. The molecule has 0 unspecified atom stereocenters. The zero-order valence-electron chi connectivity index (χ0n) is 12.8. The third-order valence-corrected chi connectivity index (χ3v) is 2.80. The fourth-order valence-corrected chi connectivity index (χ4v) is 1.98. The van der Waals surface area contributed by atoms with Gasteiger partial charge in [0.2, 0.25) is 0 Å². The van der Waals surface area contributed by atoms with Gasteiger partial charge in [-0.3, -0.25) is 0 Å². The molecule has 1 aromatic carbocycles. The molecule has 0 aliphatic heterocycles. The smallest absolute Gasteiger partial charge is 0.119 e. The number of phenolic OH excluding ortho intramolecular Hbond substituents is 1. The van der Waals surface area contributed by atoms with E-state index in [-0.39, 0.29) is 12.0 Å². The first-order valence-electron chi connectivity index (χ1n) is 6.60. The van der Waals surface area contributed by atoms with E-state index in [1.54, 1.807) is 6.92 Å². The lowest BCUT2D eigenvalue weighted by Gasteiger charge is -2.24. The maximum Gasteiger partial charge on any atom is 0.119 e. The van der Waals surface area contributed by atoms with Crippen molar-refractivity contribution in [1.29, 1.82) is 0 Å². The first-order chi connectivity index (χ1) is 8.15. The Morgan fingerprint density at radius 3 is 1.94 bits per heavy atom. The summed E-state index contributed by atoms with van der Waals surface area (Å²) in [7, 11) is 0. The first kappa shape index (κ1) is 17.0. The number of phenols is 1. The summed E-state index contributed by atoms with van der Waals surface area (Å²) in [6, 6.07) is 4.03. The number of rotatable bonds is 1. The molecule has 0 aliphatic carbocycles. The average molecular weight is 252 g/mol. The van der Waals surface area contributed by atoms with E-state index in [4.69, 9.17) is 5.11 Å². The molecular weight excluding hydrogens is 224 g/mol. The molecule has 0 heterocycles. The van der Waals surface area contributed by atoms with Crippen LogP contribution in [0.3, 0.4) is 0 Å². The predicted octanol–water partition coefficient (Wildman–Crippen LogP) is 4.12. The Morgan fingerprint density at radius 1 is 1.17 bits per heavy atom. The van der Waals surface area contributed by atoms with E-state index in [1.807, 2.05) is 6.07 Å². The van der Waals surface area contributed by atoms with Gasteiger partial charge in [0.15, 0.2) is 0 Å². The summed E-state index contributed by atoms with van der Waals surface area (Å²) >= 11 is 0. The van der Waals surface area contributed by atoms with Gasteiger partial charge in [-0.25, -0.2) is 0 Å². The number of hydrogen-bond acceptors (Lipinski definition) is 2. The predicted molar refractivity (Wildman–Crippen MR) is 78.4 cm³/mol. The Morgan fingerprint density at radius 2 is 1.61 bits per heavy atom. The third-order valence-electron chi connectivity index (χ3n) is 2.80. The molecule has 1 rings (SSSR count). The quantitative estimate of drug-likeness (QED) is 0.789. The Kier molecular flexibility index (Phi) is 6.41. The van der Waals surface area contributed by atoms with Crippen molar-refractivity contribution in [3.63, 3.8) is 0 Å². The average Bonchev–Trinajstić information content (AvgIpc) is 2.15. The van der Waals surface area contributed by atoms with Gasteiger partial charge in [0.1, 0.15) is 5.75 Å². The van der Waals surface area contributed by atoms with E-state index in [0.717, 1.165) is 5.56 Å². The van der Waals surface area contributed by atoms with Crippen LogP contribution in [0.15, 0.2) is 12.1 Å². The number of hydrogen-bond donors (Lipinski definition) is 2. The van der Waals surface area contributed by atoms with Gasteiger partial charge in [0.05, 0.1) is 0 Å². The van der Waals surface area contributed by atoms with Crippen LogP contribution in [-0.4, -0.2) is 16.8 Å². The highest BCUT2D eigenvalue weighted by molar-refractivity contribution is 5.45. The van der Waals surface area contributed by atoms with Crippen LogP contribution in [0.4, 0.5) is 0 Å². The van der Waals surface area contributed by atoms with Gasteiger partial charge >= 0.3 is 0 Å². The molecule has 0 saturated heterocycles. The molecule has 0 saturated carbocycles. The lowest BCUT2D eigenvalue weighted by Crippen LogP contribution is -2.13. The highest BCUT2D eigenvalue weighted by Gasteiger charge is 2.19. The normalized spacial score (nSPS) is 11.2. The molecule has 0 atom stereocenters. The highest BCUT2D eigenvalue weighted by Crippen LogP contribution is 2.34. The van der Waals surface area contributed by atoms with Crippen molar-refractivity contribution in [1.82, 2.24) is 0 Å². The Bertz CT molecular complexity index is 373. The summed E-state index contributed by atoms with van der Waals surface area (Å²) in [6.07, 6.45) is 0. The largest absolute Gasteiger partial charge is 0.508 e. The fourth-order valence-electron chi connectivity index (χ4n) is 1.98. The molecule has 0 fully saturated rings. The summed E-state index contributed by atoms with van der Waals surface area (Å²) < 4.78 is 0. The van der Waals surface area contributed by atoms with Gasteiger partial charge in [-0.1, -0.05) is 40.7 Å². The maximum atomic E-state index is 9.85. The van der Waals surface area contributed by atoms with Gasteiger partial charge in [-0.2, -0.15) is 0 Å². The molecule has 0 radical (unpaired) electrons. The van der Waals surface area contributed by atoms with E-state index in [9.17, 15) is 5.11 Å².